The molecule has 0 heterocycles. The third-order valence-electron chi connectivity index (χ3n) is 7.13. The molecule has 0 atom stereocenters. The number of hydrogen-bond acceptors (Lipinski definition) is 5. The standard InChI is InChI=1S/C34H37O5P/c1-36-31-24-22-28(23-25-31)26-30(29-14-6-2-7-15-29)27-40(35,37-32-16-8-3-9-17-32,38-33-18-10-4-11-19-33)39-34-20-12-5-13-21-34/h3-5,8-13,16-26,29,35H,2,6-7,14-15,27H2,1H3/b30-26-. The second kappa shape index (κ2) is 12.6. The van der Waals surface area contributed by atoms with Gasteiger partial charge in [0, 0.05) is 0 Å². The molecular weight excluding hydrogens is 519 g/mol. The van der Waals surface area contributed by atoms with Gasteiger partial charge in [-0.2, -0.15) is 0 Å². The maximum absolute atomic E-state index is 13.0. The Labute approximate surface area is 237 Å². The third-order valence-corrected chi connectivity index (χ3v) is 9.74. The molecule has 0 aromatic heterocycles. The number of ether oxygens (including phenoxy) is 1. The van der Waals surface area contributed by atoms with Crippen LogP contribution in [-0.2, 0) is 0 Å². The molecule has 5 nitrogen and oxygen atoms in total. The Hall–Kier alpha value is -3.79. The van der Waals surface area contributed by atoms with Crippen LogP contribution in [0.25, 0.3) is 6.08 Å². The first kappa shape index (κ1) is 27.8. The Morgan fingerprint density at radius 2 is 1.10 bits per heavy atom. The van der Waals surface area contributed by atoms with Crippen molar-refractivity contribution in [3.05, 3.63) is 126 Å². The topological polar surface area (TPSA) is 57.2 Å². The van der Waals surface area contributed by atoms with Crippen molar-refractivity contribution < 1.29 is 23.2 Å². The normalized spacial score (nSPS) is 15.4. The van der Waals surface area contributed by atoms with Crippen molar-refractivity contribution in [2.45, 2.75) is 32.1 Å². The van der Waals surface area contributed by atoms with Gasteiger partial charge in [-0.3, -0.25) is 0 Å². The van der Waals surface area contributed by atoms with Crippen molar-refractivity contribution in [2.75, 3.05) is 13.3 Å². The number of allylic oxidation sites excluding steroid dienone is 1. The molecule has 1 aliphatic rings. The van der Waals surface area contributed by atoms with Crippen molar-refractivity contribution in [1.82, 2.24) is 0 Å². The molecule has 0 amide bonds. The van der Waals surface area contributed by atoms with Crippen LogP contribution in [0.4, 0.5) is 0 Å². The van der Waals surface area contributed by atoms with E-state index >= 15 is 0 Å². The van der Waals surface area contributed by atoms with Crippen molar-refractivity contribution in [2.24, 2.45) is 5.92 Å². The molecule has 4 aromatic rings. The van der Waals surface area contributed by atoms with Gasteiger partial charge in [0.05, 0.1) is 0 Å². The summed E-state index contributed by atoms with van der Waals surface area (Å²) in [6.07, 6.45) is 7.82. The molecule has 0 radical (unpaired) electrons. The fourth-order valence-electron chi connectivity index (χ4n) is 5.21. The van der Waals surface area contributed by atoms with Crippen LogP contribution in [0.15, 0.2) is 121 Å². The molecule has 0 bridgehead atoms. The van der Waals surface area contributed by atoms with Gasteiger partial charge in [-0.25, -0.2) is 0 Å². The van der Waals surface area contributed by atoms with Crippen LogP contribution >= 0.6 is 7.51 Å². The summed E-state index contributed by atoms with van der Waals surface area (Å²) in [7, 11) is -3.29. The van der Waals surface area contributed by atoms with Gasteiger partial charge in [-0.05, 0) is 0 Å². The molecule has 5 rings (SSSR count). The van der Waals surface area contributed by atoms with Crippen molar-refractivity contribution >= 4 is 13.6 Å². The number of methoxy groups -OCH3 is 1. The summed E-state index contributed by atoms with van der Waals surface area (Å²) in [6, 6.07) is 35.8. The SMILES string of the molecule is COc1ccc(/C=C(/CP(O)(Oc2ccccc2)(Oc2ccccc2)Oc2ccccc2)C2CCCCC2)cc1. The summed E-state index contributed by atoms with van der Waals surface area (Å²) in [5.74, 6) is 2.49. The summed E-state index contributed by atoms with van der Waals surface area (Å²) in [6.45, 7) is 0. The van der Waals surface area contributed by atoms with E-state index in [1.165, 1.54) is 6.42 Å². The molecule has 1 N–H and O–H groups in total. The van der Waals surface area contributed by atoms with Gasteiger partial charge in [0.1, 0.15) is 0 Å². The Balaban J connectivity index is 1.65. The fourth-order valence-corrected chi connectivity index (χ4v) is 8.08. The van der Waals surface area contributed by atoms with E-state index in [1.807, 2.05) is 115 Å². The monoisotopic (exact) mass is 556 g/mol. The van der Waals surface area contributed by atoms with Crippen LogP contribution < -0.4 is 18.3 Å². The third kappa shape index (κ3) is 7.24. The molecule has 0 aliphatic heterocycles. The number of para-hydroxylation sites is 3. The molecule has 0 unspecified atom stereocenters. The summed E-state index contributed by atoms with van der Waals surface area (Å²) in [5.41, 5.74) is 2.07. The van der Waals surface area contributed by atoms with Crippen molar-refractivity contribution in [3.63, 3.8) is 0 Å². The van der Waals surface area contributed by atoms with E-state index < -0.39 is 7.51 Å². The molecule has 6 heteroatoms. The molecule has 40 heavy (non-hydrogen) atoms. The second-order valence-electron chi connectivity index (χ2n) is 10.2. The first-order chi connectivity index (χ1) is 19.5. The van der Waals surface area contributed by atoms with Gasteiger partial charge in [-0.1, -0.05) is 0 Å². The van der Waals surface area contributed by atoms with Crippen LogP contribution in [0.5, 0.6) is 23.0 Å². The Bertz CT molecular complexity index is 1260. The number of hydrogen-bond donors (Lipinski definition) is 1. The zero-order valence-electron chi connectivity index (χ0n) is 22.9. The molecule has 1 aliphatic carbocycles. The van der Waals surface area contributed by atoms with Crippen LogP contribution in [0.3, 0.4) is 0 Å². The van der Waals surface area contributed by atoms with Crippen LogP contribution in [-0.4, -0.2) is 18.2 Å². The van der Waals surface area contributed by atoms with Crippen molar-refractivity contribution in [3.8, 4) is 23.0 Å². The summed E-state index contributed by atoms with van der Waals surface area (Å²) in [4.78, 5) is 13.0. The molecule has 208 valence electrons. The maximum atomic E-state index is 13.0. The quantitative estimate of drug-likeness (QED) is 0.187. The molecule has 1 fully saturated rings. The minimum absolute atomic E-state index is 0.0843. The van der Waals surface area contributed by atoms with Crippen LogP contribution in [0.1, 0.15) is 37.7 Å². The fraction of sp³-hybridized carbons (Fsp3) is 0.235. The van der Waals surface area contributed by atoms with Crippen molar-refractivity contribution in [1.29, 1.82) is 0 Å². The van der Waals surface area contributed by atoms with Gasteiger partial charge in [0.25, 0.3) is 0 Å². The predicted octanol–water partition coefficient (Wildman–Crippen LogP) is 9.10. The molecule has 0 saturated heterocycles. The van der Waals surface area contributed by atoms with E-state index in [0.717, 1.165) is 42.6 Å². The van der Waals surface area contributed by atoms with E-state index in [9.17, 15) is 4.89 Å². The van der Waals surface area contributed by atoms with Gasteiger partial charge in [0.2, 0.25) is 0 Å². The number of rotatable bonds is 11. The van der Waals surface area contributed by atoms with Gasteiger partial charge >= 0.3 is 237 Å². The predicted molar refractivity (Wildman–Crippen MR) is 163 cm³/mol. The Kier molecular flexibility index (Phi) is 8.74. The van der Waals surface area contributed by atoms with E-state index in [0.29, 0.717) is 17.2 Å². The summed E-state index contributed by atoms with van der Waals surface area (Å²) < 4.78 is 25.1. The zero-order chi connectivity index (χ0) is 27.7. The van der Waals surface area contributed by atoms with E-state index in [1.54, 1.807) is 7.11 Å². The summed E-state index contributed by atoms with van der Waals surface area (Å²) in [5, 5.41) is 0. The van der Waals surface area contributed by atoms with E-state index in [-0.39, 0.29) is 12.1 Å². The second-order valence-corrected chi connectivity index (χ2v) is 13.1. The van der Waals surface area contributed by atoms with Crippen LogP contribution in [0.2, 0.25) is 0 Å². The van der Waals surface area contributed by atoms with Gasteiger partial charge in [0.15, 0.2) is 0 Å². The zero-order valence-corrected chi connectivity index (χ0v) is 23.8. The Morgan fingerprint density at radius 3 is 1.52 bits per heavy atom. The molecule has 1 saturated carbocycles. The summed E-state index contributed by atoms with van der Waals surface area (Å²) >= 11 is 0. The average molecular weight is 557 g/mol. The average Bonchev–Trinajstić information content (AvgIpc) is 2.99. The Morgan fingerprint density at radius 1 is 0.650 bits per heavy atom. The van der Waals surface area contributed by atoms with Crippen LogP contribution in [0, 0.1) is 5.92 Å². The molecule has 0 spiro atoms. The van der Waals surface area contributed by atoms with Gasteiger partial charge in [-0.15, -0.1) is 0 Å². The molecule has 4 aromatic carbocycles. The number of benzene rings is 4. The van der Waals surface area contributed by atoms with Gasteiger partial charge < -0.3 is 0 Å². The first-order valence-electron chi connectivity index (χ1n) is 13.9. The van der Waals surface area contributed by atoms with E-state index in [4.69, 9.17) is 18.3 Å². The molecular formula is C34H37O5P. The minimum atomic E-state index is -4.95. The first-order valence-corrected chi connectivity index (χ1v) is 16.0. The van der Waals surface area contributed by atoms with E-state index in [2.05, 4.69) is 6.08 Å².